The van der Waals surface area contributed by atoms with Gasteiger partial charge in [0.2, 0.25) is 0 Å². The molecule has 1 aliphatic heterocycles. The summed E-state index contributed by atoms with van der Waals surface area (Å²) < 4.78 is 10.4. The predicted octanol–water partition coefficient (Wildman–Crippen LogP) is 3.07. The topological polar surface area (TPSA) is 48.4 Å². The van der Waals surface area contributed by atoms with E-state index in [2.05, 4.69) is 4.98 Å². The molecule has 0 N–H and O–H groups in total. The number of aromatic nitrogens is 1. The number of esters is 1. The largest absolute Gasteiger partial charge is 0.497 e. The third-order valence-corrected chi connectivity index (χ3v) is 3.13. The Bertz CT molecular complexity index is 715. The molecule has 0 atom stereocenters. The molecule has 1 aromatic heterocycles. The summed E-state index contributed by atoms with van der Waals surface area (Å²) in [6.45, 7) is 0. The van der Waals surface area contributed by atoms with Crippen LogP contribution in [-0.2, 0) is 9.53 Å². The van der Waals surface area contributed by atoms with Crippen molar-refractivity contribution in [2.75, 3.05) is 7.11 Å². The molecule has 4 heteroatoms. The molecule has 0 unspecified atom stereocenters. The van der Waals surface area contributed by atoms with Crippen molar-refractivity contribution in [1.29, 1.82) is 0 Å². The van der Waals surface area contributed by atoms with Crippen LogP contribution in [0.1, 0.15) is 11.1 Å². The molecule has 0 radical (unpaired) electrons. The number of cyclic esters (lactones) is 1. The van der Waals surface area contributed by atoms with Gasteiger partial charge in [-0.2, -0.15) is 0 Å². The Kier molecular flexibility index (Phi) is 3.51. The van der Waals surface area contributed by atoms with Crippen LogP contribution in [0.25, 0.3) is 11.8 Å². The normalized spacial score (nSPS) is 15.8. The van der Waals surface area contributed by atoms with E-state index in [9.17, 15) is 4.79 Å². The van der Waals surface area contributed by atoms with Crippen LogP contribution in [0.3, 0.4) is 0 Å². The smallest absolute Gasteiger partial charge is 0.343 e. The average Bonchev–Trinajstić information content (AvgIpc) is 2.89. The van der Waals surface area contributed by atoms with Gasteiger partial charge in [0.15, 0.2) is 0 Å². The molecule has 0 bridgehead atoms. The number of carbonyl (C=O) groups excluding carboxylic acids is 1. The third-order valence-electron chi connectivity index (χ3n) is 3.13. The number of hydrogen-bond donors (Lipinski definition) is 0. The van der Waals surface area contributed by atoms with Crippen LogP contribution in [0.15, 0.2) is 60.4 Å². The number of ether oxygens (including phenoxy) is 2. The Morgan fingerprint density at radius 2 is 1.81 bits per heavy atom. The highest BCUT2D eigenvalue weighted by Crippen LogP contribution is 2.28. The minimum Gasteiger partial charge on any atom is -0.497 e. The van der Waals surface area contributed by atoms with E-state index in [4.69, 9.17) is 9.47 Å². The molecule has 1 aliphatic rings. The fourth-order valence-corrected chi connectivity index (χ4v) is 2.03. The van der Waals surface area contributed by atoms with Gasteiger partial charge in [0.05, 0.1) is 12.7 Å². The molecule has 1 aromatic carbocycles. The predicted molar refractivity (Wildman–Crippen MR) is 79.3 cm³/mol. The van der Waals surface area contributed by atoms with Gasteiger partial charge >= 0.3 is 5.97 Å². The Morgan fingerprint density at radius 1 is 1.10 bits per heavy atom. The van der Waals surface area contributed by atoms with E-state index in [0.717, 1.165) is 16.9 Å². The molecule has 2 heterocycles. The van der Waals surface area contributed by atoms with Gasteiger partial charge in [0, 0.05) is 18.0 Å². The SMILES string of the molecule is COc1ccc(C2=C/C(=C\c3ccncc3)C(=O)O2)cc1. The van der Waals surface area contributed by atoms with Crippen molar-refractivity contribution in [2.24, 2.45) is 0 Å². The van der Waals surface area contributed by atoms with Gasteiger partial charge in [0.1, 0.15) is 11.5 Å². The van der Waals surface area contributed by atoms with Crippen LogP contribution in [0, 0.1) is 0 Å². The maximum atomic E-state index is 11.9. The van der Waals surface area contributed by atoms with Gasteiger partial charge in [-0.25, -0.2) is 4.79 Å². The van der Waals surface area contributed by atoms with E-state index in [1.807, 2.05) is 36.4 Å². The molecular formula is C17H13NO3. The first-order chi connectivity index (χ1) is 10.3. The summed E-state index contributed by atoms with van der Waals surface area (Å²) >= 11 is 0. The fourth-order valence-electron chi connectivity index (χ4n) is 2.03. The summed E-state index contributed by atoms with van der Waals surface area (Å²) in [4.78, 5) is 15.8. The molecule has 21 heavy (non-hydrogen) atoms. The summed E-state index contributed by atoms with van der Waals surface area (Å²) in [6.07, 6.45) is 6.88. The Morgan fingerprint density at radius 3 is 2.48 bits per heavy atom. The second kappa shape index (κ2) is 5.63. The highest BCUT2D eigenvalue weighted by molar-refractivity contribution is 6.05. The van der Waals surface area contributed by atoms with Gasteiger partial charge in [0.25, 0.3) is 0 Å². The molecule has 3 rings (SSSR count). The summed E-state index contributed by atoms with van der Waals surface area (Å²) in [5.41, 5.74) is 2.26. The van der Waals surface area contributed by atoms with E-state index < -0.39 is 0 Å². The Labute approximate surface area is 122 Å². The monoisotopic (exact) mass is 279 g/mol. The number of rotatable bonds is 3. The first-order valence-electron chi connectivity index (χ1n) is 6.46. The zero-order valence-corrected chi connectivity index (χ0v) is 11.4. The van der Waals surface area contributed by atoms with Gasteiger partial charge in [-0.3, -0.25) is 4.98 Å². The van der Waals surface area contributed by atoms with Gasteiger partial charge < -0.3 is 9.47 Å². The molecule has 0 spiro atoms. The fraction of sp³-hybridized carbons (Fsp3) is 0.0588. The van der Waals surface area contributed by atoms with Crippen molar-refractivity contribution < 1.29 is 14.3 Å². The number of benzene rings is 1. The van der Waals surface area contributed by atoms with Gasteiger partial charge in [-0.05, 0) is 54.1 Å². The van der Waals surface area contributed by atoms with Crippen molar-refractivity contribution >= 4 is 17.8 Å². The average molecular weight is 279 g/mol. The van der Waals surface area contributed by atoms with Crippen LogP contribution >= 0.6 is 0 Å². The molecule has 0 amide bonds. The summed E-state index contributed by atoms with van der Waals surface area (Å²) in [7, 11) is 1.61. The highest BCUT2D eigenvalue weighted by Gasteiger charge is 2.21. The maximum Gasteiger partial charge on any atom is 0.343 e. The summed E-state index contributed by atoms with van der Waals surface area (Å²) in [6, 6.07) is 11.0. The molecule has 0 saturated heterocycles. The van der Waals surface area contributed by atoms with Gasteiger partial charge in [-0.15, -0.1) is 0 Å². The summed E-state index contributed by atoms with van der Waals surface area (Å²) in [5.74, 6) is 0.955. The van der Waals surface area contributed by atoms with Crippen molar-refractivity contribution in [3.63, 3.8) is 0 Å². The molecule has 104 valence electrons. The van der Waals surface area contributed by atoms with Crippen LogP contribution in [0.4, 0.5) is 0 Å². The number of pyridine rings is 1. The van der Waals surface area contributed by atoms with Crippen molar-refractivity contribution in [1.82, 2.24) is 4.98 Å². The minimum absolute atomic E-state index is 0.349. The van der Waals surface area contributed by atoms with E-state index >= 15 is 0 Å². The Balaban J connectivity index is 1.89. The molecular weight excluding hydrogens is 266 g/mol. The van der Waals surface area contributed by atoms with E-state index in [1.165, 1.54) is 0 Å². The zero-order valence-electron chi connectivity index (χ0n) is 11.4. The van der Waals surface area contributed by atoms with E-state index in [-0.39, 0.29) is 5.97 Å². The van der Waals surface area contributed by atoms with Crippen LogP contribution in [0.2, 0.25) is 0 Å². The Hall–Kier alpha value is -2.88. The molecule has 2 aromatic rings. The first kappa shape index (κ1) is 13.1. The standard InChI is InChI=1S/C17H13NO3/c1-20-15-4-2-13(3-5-15)16-11-14(17(19)21-16)10-12-6-8-18-9-7-12/h2-11H,1H3/b14-10+. The number of methoxy groups -OCH3 is 1. The second-order valence-corrected chi connectivity index (χ2v) is 4.51. The minimum atomic E-state index is -0.349. The first-order valence-corrected chi connectivity index (χ1v) is 6.46. The molecule has 0 fully saturated rings. The third kappa shape index (κ3) is 2.84. The summed E-state index contributed by atoms with van der Waals surface area (Å²) in [5, 5.41) is 0. The lowest BCUT2D eigenvalue weighted by Crippen LogP contribution is -1.97. The van der Waals surface area contributed by atoms with E-state index in [1.54, 1.807) is 31.7 Å². The lowest BCUT2D eigenvalue weighted by atomic mass is 10.1. The van der Waals surface area contributed by atoms with Crippen LogP contribution in [0.5, 0.6) is 5.75 Å². The van der Waals surface area contributed by atoms with Crippen molar-refractivity contribution in [2.45, 2.75) is 0 Å². The van der Waals surface area contributed by atoms with Crippen LogP contribution < -0.4 is 4.74 Å². The zero-order chi connectivity index (χ0) is 14.7. The number of carbonyl (C=O) groups is 1. The van der Waals surface area contributed by atoms with Crippen molar-refractivity contribution in [3.05, 3.63) is 71.6 Å². The van der Waals surface area contributed by atoms with Crippen LogP contribution in [-0.4, -0.2) is 18.1 Å². The lowest BCUT2D eigenvalue weighted by molar-refractivity contribution is -0.130. The lowest BCUT2D eigenvalue weighted by Gasteiger charge is -2.03. The maximum absolute atomic E-state index is 11.9. The van der Waals surface area contributed by atoms with Crippen molar-refractivity contribution in [3.8, 4) is 5.75 Å². The molecule has 0 saturated carbocycles. The second-order valence-electron chi connectivity index (χ2n) is 4.51. The number of hydrogen-bond acceptors (Lipinski definition) is 4. The van der Waals surface area contributed by atoms with Gasteiger partial charge in [-0.1, -0.05) is 0 Å². The highest BCUT2D eigenvalue weighted by atomic mass is 16.5. The molecule has 0 aliphatic carbocycles. The van der Waals surface area contributed by atoms with E-state index in [0.29, 0.717) is 11.3 Å². The molecule has 4 nitrogen and oxygen atoms in total. The quantitative estimate of drug-likeness (QED) is 0.640. The number of nitrogens with zero attached hydrogens (tertiary/aromatic N) is 1.